The highest BCUT2D eigenvalue weighted by atomic mass is 15.2. The molecule has 1 spiro atoms. The number of fused-ring (bicyclic) bond motifs is 16. The monoisotopic (exact) mass is 755 g/mol. The molecule has 6 heteroatoms. The van der Waals surface area contributed by atoms with Gasteiger partial charge in [-0.25, -0.2) is 5.53 Å². The predicted molar refractivity (Wildman–Crippen MR) is 244 cm³/mol. The minimum Gasteiger partial charge on any atom is -0.418 e. The number of benzene rings is 8. The molecular formula is C53H38BN5. The van der Waals surface area contributed by atoms with Gasteiger partial charge in [-0.2, -0.15) is 5.11 Å². The van der Waals surface area contributed by atoms with E-state index in [9.17, 15) is 0 Å². The zero-order valence-electron chi connectivity index (χ0n) is 33.0. The molecule has 0 bridgehead atoms. The Labute approximate surface area is 343 Å². The van der Waals surface area contributed by atoms with Crippen molar-refractivity contribution in [2.45, 2.75) is 31.6 Å². The van der Waals surface area contributed by atoms with Crippen molar-refractivity contribution in [1.82, 2.24) is 4.57 Å². The van der Waals surface area contributed by atoms with Crippen LogP contribution in [0.4, 0.5) is 28.4 Å². The molecule has 9 aromatic rings. The Morgan fingerprint density at radius 2 is 1.24 bits per heavy atom. The molecule has 278 valence electrons. The van der Waals surface area contributed by atoms with E-state index in [1.807, 2.05) is 12.1 Å². The highest BCUT2D eigenvalue weighted by molar-refractivity contribution is 6.92. The fourth-order valence-corrected chi connectivity index (χ4v) is 11.3. The van der Waals surface area contributed by atoms with E-state index in [1.54, 1.807) is 0 Å². The van der Waals surface area contributed by atoms with E-state index in [0.717, 1.165) is 28.2 Å². The molecule has 1 aliphatic carbocycles. The molecule has 0 saturated heterocycles. The van der Waals surface area contributed by atoms with Gasteiger partial charge in [-0.05, 0) is 103 Å². The molecule has 5 nitrogen and oxygen atoms in total. The highest BCUT2D eigenvalue weighted by Crippen LogP contribution is 2.64. The first-order chi connectivity index (χ1) is 28.9. The van der Waals surface area contributed by atoms with Gasteiger partial charge in [0.2, 0.25) is 0 Å². The van der Waals surface area contributed by atoms with E-state index in [4.69, 9.17) is 5.53 Å². The number of rotatable bonds is 2. The Hall–Kier alpha value is -7.18. The summed E-state index contributed by atoms with van der Waals surface area (Å²) in [6, 6.07) is 60.9. The van der Waals surface area contributed by atoms with Crippen LogP contribution in [0.3, 0.4) is 0 Å². The lowest BCUT2D eigenvalue weighted by molar-refractivity contribution is 0.591. The van der Waals surface area contributed by atoms with Gasteiger partial charge in [0.15, 0.2) is 0 Å². The van der Waals surface area contributed by atoms with Gasteiger partial charge < -0.3 is 14.7 Å². The van der Waals surface area contributed by atoms with E-state index in [2.05, 4.69) is 192 Å². The van der Waals surface area contributed by atoms with Gasteiger partial charge in [0.25, 0.3) is 0 Å². The summed E-state index contributed by atoms with van der Waals surface area (Å²) in [5, 5.41) is 10.6. The fourth-order valence-electron chi connectivity index (χ4n) is 11.3. The van der Waals surface area contributed by atoms with Crippen molar-refractivity contribution in [1.29, 1.82) is 5.53 Å². The van der Waals surface area contributed by atoms with Crippen LogP contribution in [0.5, 0.6) is 0 Å². The Kier molecular flexibility index (Phi) is 6.28. The van der Waals surface area contributed by atoms with Crippen LogP contribution in [0.15, 0.2) is 169 Å². The number of hydrogen-bond acceptors (Lipinski definition) is 4. The first kappa shape index (κ1) is 32.9. The number of hydrogen-bond donors (Lipinski definition) is 2. The van der Waals surface area contributed by atoms with Gasteiger partial charge in [-0.15, -0.1) is 0 Å². The number of nitrogens with one attached hydrogen (secondary N) is 2. The summed E-state index contributed by atoms with van der Waals surface area (Å²) in [7, 11) is 0. The third kappa shape index (κ3) is 4.01. The summed E-state index contributed by atoms with van der Waals surface area (Å²) in [5.41, 5.74) is 30.1. The predicted octanol–water partition coefficient (Wildman–Crippen LogP) is 12.4. The summed E-state index contributed by atoms with van der Waals surface area (Å²) in [4.78, 5) is 2.57. The lowest BCUT2D eigenvalue weighted by Crippen LogP contribution is -2.59. The lowest BCUT2D eigenvalue weighted by atomic mass is 9.44. The SMILES string of the molecule is CC(C)(C)c1ccc2c(c1)c1ccccc1n2-c1cc2c3c(c1)N1c4ccccc4C4(c5ccccc5-c5ccccc54)c4cccc(c41)B3Nc1c(N=N)cccc1-2. The molecule has 1 aromatic heterocycles. The molecule has 59 heavy (non-hydrogen) atoms. The summed E-state index contributed by atoms with van der Waals surface area (Å²) in [5.74, 6) is 0. The van der Waals surface area contributed by atoms with Gasteiger partial charge in [0.1, 0.15) is 5.69 Å². The van der Waals surface area contributed by atoms with Crippen LogP contribution >= 0.6 is 0 Å². The second-order valence-electron chi connectivity index (χ2n) is 17.6. The zero-order chi connectivity index (χ0) is 39.4. The highest BCUT2D eigenvalue weighted by Gasteiger charge is 2.54. The second-order valence-corrected chi connectivity index (χ2v) is 17.6. The standard InChI is InChI=1S/C53H38BN5/c1-52(2,3)31-26-27-46-37(28-31)35-16-6-10-24-45(35)58(46)32-29-38-36-17-12-23-44(57-55)50(36)56-54-43-22-13-21-42-51(43)59(48(30-32)49(38)54)47-25-11-9-20-41(47)53(42)39-18-7-4-14-33(39)34-15-5-8-19-40(34)53/h4-30,55-56H,1-3H3. The molecule has 0 amide bonds. The minimum absolute atomic E-state index is 0.0180. The molecular weight excluding hydrogens is 717 g/mol. The van der Waals surface area contributed by atoms with Gasteiger partial charge >= 0.3 is 6.85 Å². The van der Waals surface area contributed by atoms with Crippen molar-refractivity contribution in [2.24, 2.45) is 5.11 Å². The van der Waals surface area contributed by atoms with E-state index < -0.39 is 5.41 Å². The van der Waals surface area contributed by atoms with Crippen LogP contribution in [0.1, 0.15) is 48.6 Å². The van der Waals surface area contributed by atoms with E-state index >= 15 is 0 Å². The average Bonchev–Trinajstić information content (AvgIpc) is 3.76. The molecule has 0 saturated carbocycles. The quantitative estimate of drug-likeness (QED) is 0.136. The Balaban J connectivity index is 1.17. The molecule has 0 atom stereocenters. The Bertz CT molecular complexity index is 3300. The van der Waals surface area contributed by atoms with Crippen molar-refractivity contribution in [2.75, 3.05) is 10.1 Å². The fraction of sp³-hybridized carbons (Fsp3) is 0.0943. The maximum Gasteiger partial charge on any atom is 0.325 e. The lowest BCUT2D eigenvalue weighted by Gasteiger charge is -2.49. The normalized spacial score (nSPS) is 14.6. The minimum atomic E-state index is -0.518. The summed E-state index contributed by atoms with van der Waals surface area (Å²) >= 11 is 0. The van der Waals surface area contributed by atoms with Gasteiger partial charge in [-0.1, -0.05) is 142 Å². The van der Waals surface area contributed by atoms with Crippen molar-refractivity contribution >= 4 is 68.0 Å². The van der Waals surface area contributed by atoms with Crippen molar-refractivity contribution in [3.05, 3.63) is 192 Å². The molecule has 13 rings (SSSR count). The third-order valence-electron chi connectivity index (χ3n) is 13.7. The molecule has 8 aromatic carbocycles. The smallest absolute Gasteiger partial charge is 0.325 e. The first-order valence-corrected chi connectivity index (χ1v) is 20.6. The van der Waals surface area contributed by atoms with Crippen molar-refractivity contribution in [3.8, 4) is 27.9 Å². The largest absolute Gasteiger partial charge is 0.418 e. The van der Waals surface area contributed by atoms with Crippen LogP contribution in [-0.2, 0) is 10.8 Å². The first-order valence-electron chi connectivity index (χ1n) is 20.6. The third-order valence-corrected chi connectivity index (χ3v) is 13.7. The Morgan fingerprint density at radius 1 is 0.576 bits per heavy atom. The number of anilines is 4. The molecule has 3 aliphatic heterocycles. The number of aromatic nitrogens is 1. The zero-order valence-corrected chi connectivity index (χ0v) is 33.0. The summed E-state index contributed by atoms with van der Waals surface area (Å²) in [6.07, 6.45) is 0. The van der Waals surface area contributed by atoms with E-state index in [1.165, 1.54) is 83.1 Å². The molecule has 0 fully saturated rings. The molecule has 0 radical (unpaired) electrons. The average molecular weight is 756 g/mol. The molecule has 4 aliphatic rings. The van der Waals surface area contributed by atoms with Crippen LogP contribution in [0.25, 0.3) is 49.7 Å². The molecule has 2 N–H and O–H groups in total. The maximum absolute atomic E-state index is 8.30. The van der Waals surface area contributed by atoms with E-state index in [0.29, 0.717) is 5.69 Å². The Morgan fingerprint density at radius 3 is 2.02 bits per heavy atom. The van der Waals surface area contributed by atoms with Crippen molar-refractivity contribution in [3.63, 3.8) is 0 Å². The van der Waals surface area contributed by atoms with Crippen LogP contribution in [0, 0.1) is 5.53 Å². The molecule has 4 heterocycles. The van der Waals surface area contributed by atoms with Gasteiger partial charge in [0, 0.05) is 33.4 Å². The van der Waals surface area contributed by atoms with Gasteiger partial charge in [-0.3, -0.25) is 0 Å². The summed E-state index contributed by atoms with van der Waals surface area (Å²) < 4.78 is 2.46. The molecule has 0 unspecified atom stereocenters. The summed E-state index contributed by atoms with van der Waals surface area (Å²) in [6.45, 7) is 6.69. The van der Waals surface area contributed by atoms with Crippen LogP contribution in [-0.4, -0.2) is 11.4 Å². The second kappa shape index (κ2) is 11.3. The van der Waals surface area contributed by atoms with Crippen molar-refractivity contribution < 1.29 is 0 Å². The van der Waals surface area contributed by atoms with Gasteiger partial charge in [0.05, 0.1) is 27.8 Å². The van der Waals surface area contributed by atoms with E-state index in [-0.39, 0.29) is 12.3 Å². The van der Waals surface area contributed by atoms with Crippen LogP contribution < -0.4 is 21.1 Å². The number of nitrogens with zero attached hydrogens (tertiary/aromatic N) is 3. The maximum atomic E-state index is 8.30. The number of para-hydroxylation sites is 4. The topological polar surface area (TPSA) is 56.4 Å². The van der Waals surface area contributed by atoms with Crippen LogP contribution in [0.2, 0.25) is 0 Å².